The van der Waals surface area contributed by atoms with Gasteiger partial charge < -0.3 is 5.11 Å². The quantitative estimate of drug-likeness (QED) is 0.913. The highest BCUT2D eigenvalue weighted by Crippen LogP contribution is 2.32. The number of aryl methyl sites for hydroxylation is 1. The number of alkyl halides is 3. The second-order valence-corrected chi connectivity index (χ2v) is 4.99. The highest BCUT2D eigenvalue weighted by molar-refractivity contribution is 7.14. The van der Waals surface area contributed by atoms with Crippen molar-refractivity contribution in [2.24, 2.45) is 0 Å². The first-order valence-corrected chi connectivity index (χ1v) is 5.99. The molecule has 0 aliphatic rings. The zero-order valence-corrected chi connectivity index (χ0v) is 10.5. The predicted molar refractivity (Wildman–Crippen MR) is 64.2 cm³/mol. The van der Waals surface area contributed by atoms with E-state index in [-0.39, 0.29) is 10.6 Å². The van der Waals surface area contributed by atoms with Crippen LogP contribution in [0.2, 0.25) is 0 Å². The van der Waals surface area contributed by atoms with E-state index >= 15 is 0 Å². The van der Waals surface area contributed by atoms with Crippen LogP contribution in [0.15, 0.2) is 24.3 Å². The normalized spacial score (nSPS) is 11.6. The molecule has 1 aromatic carbocycles. The lowest BCUT2D eigenvalue weighted by Crippen LogP contribution is -2.04. The minimum absolute atomic E-state index is 0.0252. The zero-order chi connectivity index (χ0) is 14.2. The number of carboxylic acid groups (broad SMARTS) is 1. The van der Waals surface area contributed by atoms with Gasteiger partial charge in [0, 0.05) is 5.56 Å². The fourth-order valence-electron chi connectivity index (χ4n) is 1.58. The number of aromatic nitrogens is 1. The van der Waals surface area contributed by atoms with Crippen molar-refractivity contribution in [3.05, 3.63) is 39.7 Å². The van der Waals surface area contributed by atoms with Gasteiger partial charge in [0.15, 0.2) is 0 Å². The predicted octanol–water partition coefficient (Wildman–Crippen LogP) is 3.84. The van der Waals surface area contributed by atoms with Crippen LogP contribution < -0.4 is 0 Å². The molecule has 0 saturated heterocycles. The van der Waals surface area contributed by atoms with Gasteiger partial charge in [-0.1, -0.05) is 12.1 Å². The van der Waals surface area contributed by atoms with E-state index in [1.54, 1.807) is 6.92 Å². The van der Waals surface area contributed by atoms with Crippen LogP contribution in [0.4, 0.5) is 13.2 Å². The molecule has 0 unspecified atom stereocenters. The standard InChI is InChI=1S/C12H8F3NO2S/c1-6-16-9(10(19-6)11(17)18)7-2-4-8(5-3-7)12(13,14)15/h2-5H,1H3,(H,17,18). The lowest BCUT2D eigenvalue weighted by Gasteiger charge is -2.06. The van der Waals surface area contributed by atoms with Gasteiger partial charge in [-0.3, -0.25) is 0 Å². The van der Waals surface area contributed by atoms with Crippen molar-refractivity contribution in [2.75, 3.05) is 0 Å². The summed E-state index contributed by atoms with van der Waals surface area (Å²) in [6.45, 7) is 1.64. The van der Waals surface area contributed by atoms with Gasteiger partial charge in [-0.05, 0) is 19.1 Å². The Morgan fingerprint density at radius 1 is 1.26 bits per heavy atom. The van der Waals surface area contributed by atoms with Crippen LogP contribution in [0.1, 0.15) is 20.2 Å². The molecule has 19 heavy (non-hydrogen) atoms. The Morgan fingerprint density at radius 2 is 1.84 bits per heavy atom. The van der Waals surface area contributed by atoms with Crippen LogP contribution in [-0.2, 0) is 6.18 Å². The van der Waals surface area contributed by atoms with E-state index in [1.807, 2.05) is 0 Å². The Morgan fingerprint density at radius 3 is 2.32 bits per heavy atom. The summed E-state index contributed by atoms with van der Waals surface area (Å²) < 4.78 is 37.3. The number of aromatic carboxylic acids is 1. The maximum absolute atomic E-state index is 12.4. The van der Waals surface area contributed by atoms with E-state index in [9.17, 15) is 18.0 Å². The van der Waals surface area contributed by atoms with Crippen LogP contribution in [0.3, 0.4) is 0 Å². The van der Waals surface area contributed by atoms with E-state index in [0.29, 0.717) is 10.6 Å². The number of nitrogens with zero attached hydrogens (tertiary/aromatic N) is 1. The van der Waals surface area contributed by atoms with Gasteiger partial charge in [0.05, 0.1) is 16.3 Å². The number of carbonyl (C=O) groups is 1. The number of hydrogen-bond acceptors (Lipinski definition) is 3. The van der Waals surface area contributed by atoms with Crippen LogP contribution in [0.5, 0.6) is 0 Å². The first kappa shape index (κ1) is 13.5. The molecular formula is C12H8F3NO2S. The summed E-state index contributed by atoms with van der Waals surface area (Å²) in [5, 5.41) is 9.56. The van der Waals surface area contributed by atoms with Gasteiger partial charge >= 0.3 is 12.1 Å². The molecule has 2 aromatic rings. The van der Waals surface area contributed by atoms with Gasteiger partial charge in [0.25, 0.3) is 0 Å². The highest BCUT2D eigenvalue weighted by Gasteiger charge is 2.30. The summed E-state index contributed by atoms with van der Waals surface area (Å²) in [6.07, 6.45) is -4.41. The average molecular weight is 287 g/mol. The second-order valence-electron chi connectivity index (χ2n) is 3.79. The largest absolute Gasteiger partial charge is 0.477 e. The Balaban J connectivity index is 2.46. The van der Waals surface area contributed by atoms with Crippen LogP contribution in [0, 0.1) is 6.92 Å². The molecular weight excluding hydrogens is 279 g/mol. The van der Waals surface area contributed by atoms with Crippen molar-refractivity contribution in [1.29, 1.82) is 0 Å². The summed E-state index contributed by atoms with van der Waals surface area (Å²) in [4.78, 5) is 15.1. The molecule has 0 saturated carbocycles. The molecule has 1 heterocycles. The fraction of sp³-hybridized carbons (Fsp3) is 0.167. The van der Waals surface area contributed by atoms with Crippen molar-refractivity contribution in [2.45, 2.75) is 13.1 Å². The summed E-state index contributed by atoms with van der Waals surface area (Å²) in [5.41, 5.74) is -0.224. The maximum Gasteiger partial charge on any atom is 0.416 e. The molecule has 0 spiro atoms. The molecule has 0 fully saturated rings. The monoisotopic (exact) mass is 287 g/mol. The van der Waals surface area contributed by atoms with Crippen LogP contribution in [-0.4, -0.2) is 16.1 Å². The third-order valence-electron chi connectivity index (χ3n) is 2.41. The molecule has 100 valence electrons. The number of carboxylic acids is 1. The van der Waals surface area contributed by atoms with E-state index in [2.05, 4.69) is 4.98 Å². The van der Waals surface area contributed by atoms with E-state index in [1.165, 1.54) is 12.1 Å². The molecule has 0 radical (unpaired) electrons. The van der Waals surface area contributed by atoms with E-state index in [0.717, 1.165) is 23.5 Å². The van der Waals surface area contributed by atoms with Gasteiger partial charge in [0.1, 0.15) is 4.88 Å². The van der Waals surface area contributed by atoms with Crippen LogP contribution >= 0.6 is 11.3 Å². The molecule has 7 heteroatoms. The maximum atomic E-state index is 12.4. The summed E-state index contributed by atoms with van der Waals surface area (Å²) in [5.74, 6) is -1.14. The average Bonchev–Trinajstić information content (AvgIpc) is 2.70. The van der Waals surface area contributed by atoms with Crippen molar-refractivity contribution in [3.8, 4) is 11.3 Å². The number of benzene rings is 1. The lowest BCUT2D eigenvalue weighted by molar-refractivity contribution is -0.137. The van der Waals surface area contributed by atoms with Crippen molar-refractivity contribution < 1.29 is 23.1 Å². The topological polar surface area (TPSA) is 50.2 Å². The number of thiazole rings is 1. The summed E-state index contributed by atoms with van der Waals surface area (Å²) >= 11 is 0.994. The molecule has 3 nitrogen and oxygen atoms in total. The lowest BCUT2D eigenvalue weighted by atomic mass is 10.1. The molecule has 0 bridgehead atoms. The molecule has 0 aliphatic heterocycles. The number of rotatable bonds is 2. The Kier molecular flexibility index (Phi) is 3.32. The van der Waals surface area contributed by atoms with Crippen LogP contribution in [0.25, 0.3) is 11.3 Å². The Bertz CT molecular complexity index is 617. The SMILES string of the molecule is Cc1nc(-c2ccc(C(F)(F)F)cc2)c(C(=O)O)s1. The molecule has 1 aromatic heterocycles. The van der Waals surface area contributed by atoms with Crippen molar-refractivity contribution in [1.82, 2.24) is 4.98 Å². The van der Waals surface area contributed by atoms with Gasteiger partial charge in [-0.25, -0.2) is 9.78 Å². The van der Waals surface area contributed by atoms with Crippen molar-refractivity contribution >= 4 is 17.3 Å². The molecule has 0 aliphatic carbocycles. The van der Waals surface area contributed by atoms with Gasteiger partial charge in [-0.15, -0.1) is 11.3 Å². The first-order chi connectivity index (χ1) is 8.79. The number of hydrogen-bond donors (Lipinski definition) is 1. The van der Waals surface area contributed by atoms with E-state index in [4.69, 9.17) is 5.11 Å². The van der Waals surface area contributed by atoms with E-state index < -0.39 is 17.7 Å². The Labute approximate surface area is 110 Å². The number of halogens is 3. The minimum atomic E-state index is -4.41. The Hall–Kier alpha value is -1.89. The smallest absolute Gasteiger partial charge is 0.416 e. The highest BCUT2D eigenvalue weighted by atomic mass is 32.1. The second kappa shape index (κ2) is 4.65. The minimum Gasteiger partial charge on any atom is -0.477 e. The first-order valence-electron chi connectivity index (χ1n) is 5.17. The molecule has 0 atom stereocenters. The summed E-state index contributed by atoms with van der Waals surface area (Å²) in [6, 6.07) is 4.28. The van der Waals surface area contributed by atoms with Gasteiger partial charge in [-0.2, -0.15) is 13.2 Å². The van der Waals surface area contributed by atoms with Gasteiger partial charge in [0.2, 0.25) is 0 Å². The molecule has 0 amide bonds. The third-order valence-corrected chi connectivity index (χ3v) is 3.37. The summed E-state index contributed by atoms with van der Waals surface area (Å²) in [7, 11) is 0. The zero-order valence-electron chi connectivity index (χ0n) is 9.65. The third kappa shape index (κ3) is 2.76. The molecule has 1 N–H and O–H groups in total. The molecule has 2 rings (SSSR count). The van der Waals surface area contributed by atoms with Crippen molar-refractivity contribution in [3.63, 3.8) is 0 Å². The fourth-order valence-corrected chi connectivity index (χ4v) is 2.36.